The van der Waals surface area contributed by atoms with Crippen LogP contribution in [0.5, 0.6) is 5.75 Å². The molecule has 0 bridgehead atoms. The van der Waals surface area contributed by atoms with Crippen LogP contribution in [0.3, 0.4) is 0 Å². The molecule has 7 heteroatoms. The topological polar surface area (TPSA) is 68.9 Å². The van der Waals surface area contributed by atoms with Crippen LogP contribution in [0.25, 0.3) is 11.0 Å². The molecule has 1 aliphatic heterocycles. The number of aromatic hydroxyl groups is 1. The van der Waals surface area contributed by atoms with Crippen molar-refractivity contribution in [2.24, 2.45) is 4.99 Å². The molecule has 2 heterocycles. The summed E-state index contributed by atoms with van der Waals surface area (Å²) in [4.78, 5) is 14.1. The summed E-state index contributed by atoms with van der Waals surface area (Å²) in [6.45, 7) is 10.2. The number of aliphatic imine (C=N–C) groups is 1. The third-order valence-electron chi connectivity index (χ3n) is 5.78. The molecule has 164 valence electrons. The average molecular weight is 421 g/mol. The van der Waals surface area contributed by atoms with E-state index in [4.69, 9.17) is 4.99 Å². The lowest BCUT2D eigenvalue weighted by atomic mass is 10.2. The number of hydrogen-bond acceptors (Lipinski definition) is 4. The fraction of sp³-hybridized carbons (Fsp3) is 0.417. The second-order valence-electron chi connectivity index (χ2n) is 7.85. The Morgan fingerprint density at radius 1 is 1.06 bits per heavy atom. The maximum absolute atomic E-state index is 10.1. The molecule has 2 aromatic carbocycles. The number of phenols is 1. The molecule has 31 heavy (non-hydrogen) atoms. The normalized spacial score (nSPS) is 15.0. The lowest BCUT2D eigenvalue weighted by molar-refractivity contribution is 0.369. The lowest BCUT2D eigenvalue weighted by Gasteiger charge is -2.37. The molecule has 1 saturated heterocycles. The Morgan fingerprint density at radius 2 is 1.81 bits per heavy atom. The molecule has 3 aromatic rings. The number of guanidine groups is 1. The average Bonchev–Trinajstić information content (AvgIpc) is 3.11. The van der Waals surface area contributed by atoms with E-state index in [1.807, 2.05) is 24.3 Å². The first-order chi connectivity index (χ1) is 15.2. The van der Waals surface area contributed by atoms with Gasteiger partial charge in [0.25, 0.3) is 0 Å². The van der Waals surface area contributed by atoms with E-state index in [9.17, 15) is 5.11 Å². The first-order valence-electron chi connectivity index (χ1n) is 11.2. The highest BCUT2D eigenvalue weighted by atomic mass is 16.3. The fourth-order valence-electron chi connectivity index (χ4n) is 4.21. The summed E-state index contributed by atoms with van der Waals surface area (Å²) in [7, 11) is 0. The molecular formula is C24H32N6O. The number of piperazine rings is 1. The van der Waals surface area contributed by atoms with Gasteiger partial charge in [-0.05, 0) is 44.5 Å². The van der Waals surface area contributed by atoms with Crippen molar-refractivity contribution in [1.29, 1.82) is 0 Å². The van der Waals surface area contributed by atoms with Crippen LogP contribution >= 0.6 is 0 Å². The maximum Gasteiger partial charge on any atom is 0.194 e. The van der Waals surface area contributed by atoms with Gasteiger partial charge in [-0.3, -0.25) is 4.99 Å². The predicted octanol–water partition coefficient (Wildman–Crippen LogP) is 3.23. The molecule has 2 N–H and O–H groups in total. The number of nitrogens with one attached hydrogen (secondary N) is 1. The van der Waals surface area contributed by atoms with Gasteiger partial charge in [0, 0.05) is 45.8 Å². The number of anilines is 1. The number of rotatable bonds is 6. The number of aromatic nitrogens is 2. The smallest absolute Gasteiger partial charge is 0.194 e. The van der Waals surface area contributed by atoms with Crippen LogP contribution in [0.4, 0.5) is 5.69 Å². The minimum atomic E-state index is 0.346. The second kappa shape index (κ2) is 9.73. The van der Waals surface area contributed by atoms with Crippen LogP contribution in [0.1, 0.15) is 19.2 Å². The minimum absolute atomic E-state index is 0.346. The van der Waals surface area contributed by atoms with Crippen molar-refractivity contribution >= 4 is 22.7 Å². The van der Waals surface area contributed by atoms with Crippen molar-refractivity contribution < 1.29 is 5.11 Å². The number of aryl methyl sites for hydroxylation is 2. The molecule has 0 atom stereocenters. The van der Waals surface area contributed by atoms with Crippen molar-refractivity contribution in [2.45, 2.75) is 26.8 Å². The Labute approximate surface area is 184 Å². The van der Waals surface area contributed by atoms with E-state index in [0.29, 0.717) is 5.75 Å². The Hall–Kier alpha value is -3.22. The van der Waals surface area contributed by atoms with Gasteiger partial charge >= 0.3 is 0 Å². The molecule has 1 fully saturated rings. The second-order valence-corrected chi connectivity index (χ2v) is 7.85. The zero-order valence-corrected chi connectivity index (χ0v) is 18.5. The van der Waals surface area contributed by atoms with E-state index in [2.05, 4.69) is 56.7 Å². The van der Waals surface area contributed by atoms with Gasteiger partial charge in [0.15, 0.2) is 5.96 Å². The molecule has 1 aliphatic rings. The van der Waals surface area contributed by atoms with Crippen LogP contribution in [-0.4, -0.2) is 64.8 Å². The van der Waals surface area contributed by atoms with Crippen LogP contribution in [0, 0.1) is 6.92 Å². The Morgan fingerprint density at radius 3 is 2.58 bits per heavy atom. The zero-order valence-electron chi connectivity index (χ0n) is 18.5. The van der Waals surface area contributed by atoms with E-state index in [1.54, 1.807) is 6.07 Å². The van der Waals surface area contributed by atoms with Crippen LogP contribution in [0.2, 0.25) is 0 Å². The van der Waals surface area contributed by atoms with Gasteiger partial charge in [-0.15, -0.1) is 0 Å². The van der Waals surface area contributed by atoms with E-state index >= 15 is 0 Å². The summed E-state index contributed by atoms with van der Waals surface area (Å²) < 4.78 is 2.28. The number of imidazole rings is 1. The largest absolute Gasteiger partial charge is 0.506 e. The van der Waals surface area contributed by atoms with E-state index in [0.717, 1.165) is 75.2 Å². The van der Waals surface area contributed by atoms with Gasteiger partial charge < -0.3 is 24.8 Å². The lowest BCUT2D eigenvalue weighted by Crippen LogP contribution is -2.52. The molecule has 4 rings (SSSR count). The molecule has 0 unspecified atom stereocenters. The predicted molar refractivity (Wildman–Crippen MR) is 127 cm³/mol. The maximum atomic E-state index is 10.1. The standard InChI is InChI=1S/C24H32N6O/c1-3-25-24(29-17-15-28(16-18-29)22-11-6-7-12-23(22)31)26-13-8-14-30-19(2)27-20-9-4-5-10-21(20)30/h4-7,9-12,31H,3,8,13-18H2,1-2H3,(H,25,26). The number of benzene rings is 2. The third kappa shape index (κ3) is 4.76. The molecular weight excluding hydrogens is 388 g/mol. The molecule has 0 amide bonds. The van der Waals surface area contributed by atoms with E-state index in [-0.39, 0.29) is 0 Å². The molecule has 0 spiro atoms. The van der Waals surface area contributed by atoms with Crippen molar-refractivity contribution in [3.05, 3.63) is 54.4 Å². The summed E-state index contributed by atoms with van der Waals surface area (Å²) in [6, 6.07) is 15.9. The highest BCUT2D eigenvalue weighted by Gasteiger charge is 2.21. The molecule has 0 aliphatic carbocycles. The Bertz CT molecular complexity index is 1040. The van der Waals surface area contributed by atoms with Crippen LogP contribution in [0.15, 0.2) is 53.5 Å². The fourth-order valence-corrected chi connectivity index (χ4v) is 4.21. The number of phenolic OH excluding ortho intramolecular Hbond substituents is 1. The number of nitrogens with zero attached hydrogens (tertiary/aromatic N) is 5. The minimum Gasteiger partial charge on any atom is -0.506 e. The Kier molecular flexibility index (Phi) is 6.60. The highest BCUT2D eigenvalue weighted by Crippen LogP contribution is 2.27. The number of fused-ring (bicyclic) bond motifs is 1. The van der Waals surface area contributed by atoms with Crippen molar-refractivity contribution in [3.8, 4) is 5.75 Å². The summed E-state index contributed by atoms with van der Waals surface area (Å²) in [5.41, 5.74) is 3.15. The summed E-state index contributed by atoms with van der Waals surface area (Å²) in [5.74, 6) is 2.38. The number of para-hydroxylation sites is 4. The molecule has 1 aromatic heterocycles. The van der Waals surface area contributed by atoms with E-state index in [1.165, 1.54) is 5.52 Å². The van der Waals surface area contributed by atoms with Crippen LogP contribution in [-0.2, 0) is 6.54 Å². The van der Waals surface area contributed by atoms with Gasteiger partial charge in [-0.1, -0.05) is 24.3 Å². The SMILES string of the molecule is CCNC(=NCCCn1c(C)nc2ccccc21)N1CCN(c2ccccc2O)CC1. The van der Waals surface area contributed by atoms with Crippen molar-refractivity contribution in [2.75, 3.05) is 44.2 Å². The van der Waals surface area contributed by atoms with Gasteiger partial charge in [-0.2, -0.15) is 0 Å². The summed E-state index contributed by atoms with van der Waals surface area (Å²) >= 11 is 0. The Balaban J connectivity index is 1.34. The molecule has 0 radical (unpaired) electrons. The third-order valence-corrected chi connectivity index (χ3v) is 5.78. The quantitative estimate of drug-likeness (QED) is 0.364. The molecule has 7 nitrogen and oxygen atoms in total. The van der Waals surface area contributed by atoms with Gasteiger partial charge in [0.2, 0.25) is 0 Å². The number of hydrogen-bond donors (Lipinski definition) is 2. The van der Waals surface area contributed by atoms with Gasteiger partial charge in [0.1, 0.15) is 11.6 Å². The molecule has 0 saturated carbocycles. The van der Waals surface area contributed by atoms with Gasteiger partial charge in [-0.25, -0.2) is 4.98 Å². The van der Waals surface area contributed by atoms with Gasteiger partial charge in [0.05, 0.1) is 16.7 Å². The van der Waals surface area contributed by atoms with Crippen molar-refractivity contribution in [1.82, 2.24) is 19.8 Å². The summed E-state index contributed by atoms with van der Waals surface area (Å²) in [6.07, 6.45) is 0.966. The van der Waals surface area contributed by atoms with Crippen LogP contribution < -0.4 is 10.2 Å². The van der Waals surface area contributed by atoms with Crippen molar-refractivity contribution in [3.63, 3.8) is 0 Å². The zero-order chi connectivity index (χ0) is 21.6. The highest BCUT2D eigenvalue weighted by molar-refractivity contribution is 5.80. The summed E-state index contributed by atoms with van der Waals surface area (Å²) in [5, 5.41) is 13.6. The first kappa shape index (κ1) is 21.0. The monoisotopic (exact) mass is 420 g/mol. The first-order valence-corrected chi connectivity index (χ1v) is 11.2. The van der Waals surface area contributed by atoms with E-state index < -0.39 is 0 Å².